The van der Waals surface area contributed by atoms with Gasteiger partial charge in [0, 0.05) is 36.7 Å². The van der Waals surface area contributed by atoms with Gasteiger partial charge in [-0.2, -0.15) is 0 Å². The summed E-state index contributed by atoms with van der Waals surface area (Å²) in [7, 11) is 0. The molecule has 0 N–H and O–H groups in total. The fourth-order valence-electron chi connectivity index (χ4n) is 3.75. The number of amides is 1. The Morgan fingerprint density at radius 3 is 2.46 bits per heavy atom. The summed E-state index contributed by atoms with van der Waals surface area (Å²) in [6, 6.07) is 6.42. The van der Waals surface area contributed by atoms with Gasteiger partial charge in [-0.05, 0) is 44.9 Å². The first-order chi connectivity index (χ1) is 11.5. The van der Waals surface area contributed by atoms with Crippen LogP contribution < -0.4 is 4.74 Å². The van der Waals surface area contributed by atoms with Crippen molar-refractivity contribution in [3.05, 3.63) is 28.2 Å². The van der Waals surface area contributed by atoms with Gasteiger partial charge in [-0.15, -0.1) is 0 Å². The lowest BCUT2D eigenvalue weighted by atomic mass is 10.1. The maximum absolute atomic E-state index is 13.0. The standard InChI is InChI=1S/C19H27BrN2O2/c1-14(2)24-18-13-15(20)7-8-17(18)19(23)22-11-9-21(10-12-22)16-5-3-4-6-16/h7-8,13-14,16H,3-6,9-12H2,1-2H3. The van der Waals surface area contributed by atoms with Gasteiger partial charge in [-0.25, -0.2) is 0 Å². The van der Waals surface area contributed by atoms with Crippen LogP contribution >= 0.6 is 15.9 Å². The predicted molar refractivity (Wildman–Crippen MR) is 99.6 cm³/mol. The first kappa shape index (κ1) is 17.7. The van der Waals surface area contributed by atoms with Crippen molar-refractivity contribution < 1.29 is 9.53 Å². The molecule has 132 valence electrons. The monoisotopic (exact) mass is 394 g/mol. The second-order valence-corrected chi connectivity index (χ2v) is 7.99. The molecule has 1 aromatic rings. The molecule has 2 fully saturated rings. The van der Waals surface area contributed by atoms with E-state index in [-0.39, 0.29) is 12.0 Å². The molecule has 0 unspecified atom stereocenters. The molecule has 5 heteroatoms. The number of benzene rings is 1. The van der Waals surface area contributed by atoms with Gasteiger partial charge < -0.3 is 9.64 Å². The molecule has 3 rings (SSSR count). The van der Waals surface area contributed by atoms with Crippen molar-refractivity contribution in [2.75, 3.05) is 26.2 Å². The summed E-state index contributed by atoms with van der Waals surface area (Å²) in [5, 5.41) is 0. The van der Waals surface area contributed by atoms with Crippen molar-refractivity contribution in [1.29, 1.82) is 0 Å². The molecule has 1 aliphatic heterocycles. The highest BCUT2D eigenvalue weighted by atomic mass is 79.9. The van der Waals surface area contributed by atoms with Crippen LogP contribution in [0.15, 0.2) is 22.7 Å². The Morgan fingerprint density at radius 2 is 1.83 bits per heavy atom. The third-order valence-corrected chi connectivity index (χ3v) is 5.47. The molecule has 1 saturated carbocycles. The SMILES string of the molecule is CC(C)Oc1cc(Br)ccc1C(=O)N1CCN(C2CCCC2)CC1. The number of piperazine rings is 1. The molecular formula is C19H27BrN2O2. The minimum atomic E-state index is 0.0464. The number of hydrogen-bond acceptors (Lipinski definition) is 3. The largest absolute Gasteiger partial charge is 0.490 e. The second kappa shape index (κ2) is 7.87. The van der Waals surface area contributed by atoms with E-state index < -0.39 is 0 Å². The van der Waals surface area contributed by atoms with Crippen molar-refractivity contribution >= 4 is 21.8 Å². The van der Waals surface area contributed by atoms with E-state index in [1.807, 2.05) is 36.9 Å². The normalized spacial score (nSPS) is 19.9. The van der Waals surface area contributed by atoms with E-state index in [9.17, 15) is 4.79 Å². The molecule has 1 amide bonds. The van der Waals surface area contributed by atoms with E-state index in [0.29, 0.717) is 11.3 Å². The minimum Gasteiger partial charge on any atom is -0.490 e. The van der Waals surface area contributed by atoms with Gasteiger partial charge in [0.25, 0.3) is 5.91 Å². The number of hydrogen-bond donors (Lipinski definition) is 0. The number of halogens is 1. The summed E-state index contributed by atoms with van der Waals surface area (Å²) in [5.74, 6) is 0.756. The zero-order valence-corrected chi connectivity index (χ0v) is 16.2. The molecule has 0 radical (unpaired) electrons. The molecule has 1 aliphatic carbocycles. The summed E-state index contributed by atoms with van der Waals surface area (Å²) in [4.78, 5) is 17.5. The molecule has 1 saturated heterocycles. The number of rotatable bonds is 4. The topological polar surface area (TPSA) is 32.8 Å². The Hall–Kier alpha value is -1.07. The second-order valence-electron chi connectivity index (χ2n) is 7.07. The smallest absolute Gasteiger partial charge is 0.257 e. The molecule has 0 atom stereocenters. The Bertz CT molecular complexity index is 577. The van der Waals surface area contributed by atoms with Crippen molar-refractivity contribution in [3.63, 3.8) is 0 Å². The van der Waals surface area contributed by atoms with Gasteiger partial charge in [-0.1, -0.05) is 28.8 Å². The fourth-order valence-corrected chi connectivity index (χ4v) is 4.09. The minimum absolute atomic E-state index is 0.0464. The number of ether oxygens (including phenoxy) is 1. The Morgan fingerprint density at radius 1 is 1.17 bits per heavy atom. The summed E-state index contributed by atoms with van der Waals surface area (Å²) in [6.45, 7) is 7.57. The summed E-state index contributed by atoms with van der Waals surface area (Å²) < 4.78 is 6.78. The number of carbonyl (C=O) groups is 1. The summed E-state index contributed by atoms with van der Waals surface area (Å²) >= 11 is 3.47. The highest BCUT2D eigenvalue weighted by Gasteiger charge is 2.29. The maximum Gasteiger partial charge on any atom is 0.257 e. The van der Waals surface area contributed by atoms with Crippen molar-refractivity contribution in [2.45, 2.75) is 51.7 Å². The zero-order chi connectivity index (χ0) is 17.1. The van der Waals surface area contributed by atoms with E-state index in [0.717, 1.165) is 36.7 Å². The van der Waals surface area contributed by atoms with E-state index in [4.69, 9.17) is 4.74 Å². The molecule has 0 aromatic heterocycles. The van der Waals surface area contributed by atoms with Gasteiger partial charge >= 0.3 is 0 Å². The zero-order valence-electron chi connectivity index (χ0n) is 14.6. The van der Waals surface area contributed by atoms with Crippen molar-refractivity contribution in [3.8, 4) is 5.75 Å². The Labute approximate surface area is 153 Å². The number of nitrogens with zero attached hydrogens (tertiary/aromatic N) is 2. The van der Waals surface area contributed by atoms with Crippen LogP contribution in [0.3, 0.4) is 0 Å². The van der Waals surface area contributed by atoms with Gasteiger partial charge in [-0.3, -0.25) is 9.69 Å². The lowest BCUT2D eigenvalue weighted by molar-refractivity contribution is 0.0568. The van der Waals surface area contributed by atoms with E-state index in [1.165, 1.54) is 25.7 Å². The van der Waals surface area contributed by atoms with Gasteiger partial charge in [0.1, 0.15) is 5.75 Å². The van der Waals surface area contributed by atoms with E-state index >= 15 is 0 Å². The highest BCUT2D eigenvalue weighted by Crippen LogP contribution is 2.28. The van der Waals surface area contributed by atoms with Crippen LogP contribution in [-0.4, -0.2) is 54.0 Å². The quantitative estimate of drug-likeness (QED) is 0.775. The van der Waals surface area contributed by atoms with Crippen LogP contribution in [0.5, 0.6) is 5.75 Å². The Kier molecular flexibility index (Phi) is 5.82. The molecule has 0 bridgehead atoms. The lowest BCUT2D eigenvalue weighted by Gasteiger charge is -2.38. The van der Waals surface area contributed by atoms with E-state index in [2.05, 4.69) is 20.8 Å². The highest BCUT2D eigenvalue weighted by molar-refractivity contribution is 9.10. The maximum atomic E-state index is 13.0. The van der Waals surface area contributed by atoms with Crippen molar-refractivity contribution in [2.24, 2.45) is 0 Å². The first-order valence-corrected chi connectivity index (χ1v) is 9.83. The molecule has 4 nitrogen and oxygen atoms in total. The predicted octanol–water partition coefficient (Wildman–Crippen LogP) is 3.94. The van der Waals surface area contributed by atoms with Crippen LogP contribution in [0.4, 0.5) is 0 Å². The lowest BCUT2D eigenvalue weighted by Crippen LogP contribution is -2.51. The first-order valence-electron chi connectivity index (χ1n) is 9.04. The molecule has 2 aliphatic rings. The average molecular weight is 395 g/mol. The molecule has 0 spiro atoms. The van der Waals surface area contributed by atoms with Crippen molar-refractivity contribution in [1.82, 2.24) is 9.80 Å². The van der Waals surface area contributed by atoms with Crippen LogP contribution in [0.25, 0.3) is 0 Å². The van der Waals surface area contributed by atoms with Gasteiger partial charge in [0.2, 0.25) is 0 Å². The van der Waals surface area contributed by atoms with Crippen LogP contribution in [0.1, 0.15) is 49.9 Å². The molecular weight excluding hydrogens is 368 g/mol. The van der Waals surface area contributed by atoms with Gasteiger partial charge in [0.15, 0.2) is 0 Å². The van der Waals surface area contributed by atoms with E-state index in [1.54, 1.807) is 0 Å². The summed E-state index contributed by atoms with van der Waals surface area (Å²) in [6.07, 6.45) is 5.42. The van der Waals surface area contributed by atoms with Crippen LogP contribution in [0.2, 0.25) is 0 Å². The molecule has 1 aromatic carbocycles. The molecule has 24 heavy (non-hydrogen) atoms. The molecule has 1 heterocycles. The third-order valence-electron chi connectivity index (χ3n) is 4.98. The average Bonchev–Trinajstić information content (AvgIpc) is 3.08. The van der Waals surface area contributed by atoms with Crippen LogP contribution in [-0.2, 0) is 0 Å². The van der Waals surface area contributed by atoms with Crippen LogP contribution in [0, 0.1) is 0 Å². The Balaban J connectivity index is 1.66. The third kappa shape index (κ3) is 4.12. The number of carbonyl (C=O) groups excluding carboxylic acids is 1. The summed E-state index contributed by atoms with van der Waals surface area (Å²) in [5.41, 5.74) is 0.668. The fraction of sp³-hybridized carbons (Fsp3) is 0.632. The van der Waals surface area contributed by atoms with Gasteiger partial charge in [0.05, 0.1) is 11.7 Å².